The molecule has 5 nitrogen and oxygen atoms in total. The smallest absolute Gasteiger partial charge is 0.432 e. The quantitative estimate of drug-likeness (QED) is 0.611. The van der Waals surface area contributed by atoms with Crippen LogP contribution in [0.25, 0.3) is 0 Å². The first-order chi connectivity index (χ1) is 12.6. The van der Waals surface area contributed by atoms with Crippen molar-refractivity contribution in [2.45, 2.75) is 25.6 Å². The number of aliphatic hydroxyl groups is 1. The maximum absolute atomic E-state index is 13.4. The molecule has 2 aromatic rings. The minimum Gasteiger partial charge on any atom is -0.507 e. The van der Waals surface area contributed by atoms with Gasteiger partial charge in [0.2, 0.25) is 0 Å². The van der Waals surface area contributed by atoms with Gasteiger partial charge in [0.05, 0.1) is 12.3 Å². The molecule has 0 aliphatic carbocycles. The van der Waals surface area contributed by atoms with Gasteiger partial charge in [-0.1, -0.05) is 24.3 Å². The van der Waals surface area contributed by atoms with E-state index in [0.29, 0.717) is 16.8 Å². The summed E-state index contributed by atoms with van der Waals surface area (Å²) in [6, 6.07) is 9.67. The lowest BCUT2D eigenvalue weighted by atomic mass is 9.91. The summed E-state index contributed by atoms with van der Waals surface area (Å²) >= 11 is 0. The van der Waals surface area contributed by atoms with Gasteiger partial charge in [-0.15, -0.1) is 0 Å². The van der Waals surface area contributed by atoms with Gasteiger partial charge in [-0.25, -0.2) is 4.79 Å². The molecule has 0 saturated carbocycles. The highest BCUT2D eigenvalue weighted by molar-refractivity contribution is 5.86. The van der Waals surface area contributed by atoms with Gasteiger partial charge in [0.25, 0.3) is 5.60 Å². The van der Waals surface area contributed by atoms with Crippen LogP contribution in [0.2, 0.25) is 0 Å². The largest absolute Gasteiger partial charge is 0.507 e. The van der Waals surface area contributed by atoms with E-state index in [-0.39, 0.29) is 12.4 Å². The molecule has 0 bridgehead atoms. The molecule has 0 amide bonds. The third kappa shape index (κ3) is 4.11. The predicted molar refractivity (Wildman–Crippen MR) is 93.1 cm³/mol. The molecule has 0 spiro atoms. The molecule has 0 aliphatic heterocycles. The Morgan fingerprint density at radius 1 is 1.22 bits per heavy atom. The molecule has 2 aromatic carbocycles. The lowest BCUT2D eigenvalue weighted by Gasteiger charge is -2.28. The van der Waals surface area contributed by atoms with Crippen molar-refractivity contribution in [3.63, 3.8) is 0 Å². The van der Waals surface area contributed by atoms with Crippen LogP contribution >= 0.6 is 0 Å². The Balaban J connectivity index is 2.42. The van der Waals surface area contributed by atoms with Crippen LogP contribution in [0, 0.1) is 6.92 Å². The number of aliphatic imine (C=N–C) groups is 1. The van der Waals surface area contributed by atoms with Gasteiger partial charge in [0, 0.05) is 17.3 Å². The van der Waals surface area contributed by atoms with Gasteiger partial charge in [0.15, 0.2) is 0 Å². The van der Waals surface area contributed by atoms with Gasteiger partial charge >= 0.3 is 12.1 Å². The van der Waals surface area contributed by atoms with Crippen LogP contribution in [-0.2, 0) is 15.1 Å². The summed E-state index contributed by atoms with van der Waals surface area (Å²) in [6.07, 6.45) is -3.90. The molecule has 27 heavy (non-hydrogen) atoms. The first-order valence-corrected chi connectivity index (χ1v) is 8.00. The van der Waals surface area contributed by atoms with E-state index in [2.05, 4.69) is 9.73 Å². The summed E-state index contributed by atoms with van der Waals surface area (Å²) < 4.78 is 44.6. The summed E-state index contributed by atoms with van der Waals surface area (Å²) in [7, 11) is 0. The van der Waals surface area contributed by atoms with Crippen molar-refractivity contribution < 1.29 is 32.9 Å². The molecule has 0 fully saturated rings. The fourth-order valence-corrected chi connectivity index (χ4v) is 2.39. The number of hydrogen-bond donors (Lipinski definition) is 2. The zero-order valence-corrected chi connectivity index (χ0v) is 14.6. The minimum absolute atomic E-state index is 0.00396. The van der Waals surface area contributed by atoms with Crippen LogP contribution in [0.1, 0.15) is 23.6 Å². The van der Waals surface area contributed by atoms with E-state index in [4.69, 9.17) is 0 Å². The second-order valence-corrected chi connectivity index (χ2v) is 5.75. The Morgan fingerprint density at radius 2 is 1.89 bits per heavy atom. The van der Waals surface area contributed by atoms with Gasteiger partial charge in [-0.2, -0.15) is 13.2 Å². The summed E-state index contributed by atoms with van der Waals surface area (Å²) in [5.74, 6) is -1.79. The molecule has 0 saturated heterocycles. The highest BCUT2D eigenvalue weighted by Crippen LogP contribution is 2.41. The SMILES string of the molecule is CCOC(=O)[C@](O)(c1ccc(N=Cc2ccccc2O)c(C)c1)C(F)(F)F. The lowest BCUT2D eigenvalue weighted by Crippen LogP contribution is -2.50. The van der Waals surface area contributed by atoms with E-state index in [0.717, 1.165) is 12.1 Å². The molecule has 8 heteroatoms. The van der Waals surface area contributed by atoms with E-state index in [1.54, 1.807) is 18.2 Å². The number of phenols is 1. The van der Waals surface area contributed by atoms with Crippen molar-refractivity contribution >= 4 is 17.9 Å². The van der Waals surface area contributed by atoms with Gasteiger partial charge < -0.3 is 14.9 Å². The van der Waals surface area contributed by atoms with Crippen molar-refractivity contribution in [1.29, 1.82) is 0 Å². The number of benzene rings is 2. The Morgan fingerprint density at radius 3 is 2.44 bits per heavy atom. The summed E-state index contributed by atoms with van der Waals surface area (Å²) in [4.78, 5) is 15.9. The lowest BCUT2D eigenvalue weighted by molar-refractivity contribution is -0.267. The molecule has 0 heterocycles. The summed E-state index contributed by atoms with van der Waals surface area (Å²) in [5.41, 5.74) is -3.39. The standard InChI is InChI=1S/C19H18F3NO4/c1-3-27-17(25)18(26,19(20,21)22)14-8-9-15(12(2)10-14)23-11-13-6-4-5-7-16(13)24/h4-11,24,26H,3H2,1-2H3/t18-/m1/s1. The van der Waals surface area contributed by atoms with Crippen molar-refractivity contribution in [3.05, 3.63) is 59.2 Å². The normalized spacial score (nSPS) is 14.1. The van der Waals surface area contributed by atoms with E-state index >= 15 is 0 Å². The fourth-order valence-electron chi connectivity index (χ4n) is 2.39. The monoisotopic (exact) mass is 381 g/mol. The number of esters is 1. The number of halogens is 3. The number of aromatic hydroxyl groups is 1. The molecule has 0 radical (unpaired) electrons. The fraction of sp³-hybridized carbons (Fsp3) is 0.263. The van der Waals surface area contributed by atoms with Crippen LogP contribution < -0.4 is 0 Å². The molecular weight excluding hydrogens is 363 g/mol. The average molecular weight is 381 g/mol. The molecule has 2 rings (SSSR count). The number of nitrogens with zero attached hydrogens (tertiary/aromatic N) is 1. The number of rotatable bonds is 5. The Bertz CT molecular complexity index is 864. The van der Waals surface area contributed by atoms with Crippen LogP contribution in [0.3, 0.4) is 0 Å². The minimum atomic E-state index is -5.26. The van der Waals surface area contributed by atoms with Gasteiger partial charge in [0.1, 0.15) is 5.75 Å². The topological polar surface area (TPSA) is 79.1 Å². The molecular formula is C19H18F3NO4. The second-order valence-electron chi connectivity index (χ2n) is 5.75. The number of hydrogen-bond acceptors (Lipinski definition) is 5. The zero-order valence-electron chi connectivity index (χ0n) is 14.6. The number of ether oxygens (including phenoxy) is 1. The summed E-state index contributed by atoms with van der Waals surface area (Å²) in [6.45, 7) is 2.53. The highest BCUT2D eigenvalue weighted by Gasteiger charge is 2.62. The number of para-hydroxylation sites is 1. The highest BCUT2D eigenvalue weighted by atomic mass is 19.4. The van der Waals surface area contributed by atoms with E-state index in [9.17, 15) is 28.2 Å². The zero-order chi connectivity index (χ0) is 20.2. The van der Waals surface area contributed by atoms with E-state index < -0.39 is 23.3 Å². The maximum Gasteiger partial charge on any atom is 0.432 e. The first-order valence-electron chi connectivity index (χ1n) is 8.00. The van der Waals surface area contributed by atoms with Crippen molar-refractivity contribution in [2.75, 3.05) is 6.61 Å². The third-order valence-electron chi connectivity index (χ3n) is 3.88. The number of phenolic OH excluding ortho intramolecular Hbond substituents is 1. The number of aryl methyl sites for hydroxylation is 1. The van der Waals surface area contributed by atoms with Crippen LogP contribution in [0.4, 0.5) is 18.9 Å². The van der Waals surface area contributed by atoms with Gasteiger partial charge in [-0.3, -0.25) is 4.99 Å². The van der Waals surface area contributed by atoms with Crippen LogP contribution in [-0.4, -0.2) is 35.2 Å². The molecule has 1 atom stereocenters. The molecule has 144 valence electrons. The van der Waals surface area contributed by atoms with Crippen molar-refractivity contribution in [3.8, 4) is 5.75 Å². The number of carbonyl (C=O) groups is 1. The number of carbonyl (C=O) groups excluding carboxylic acids is 1. The Labute approximate surface area is 153 Å². The van der Waals surface area contributed by atoms with Crippen LogP contribution in [0.15, 0.2) is 47.5 Å². The van der Waals surface area contributed by atoms with E-state index in [1.807, 2.05) is 0 Å². The molecule has 0 unspecified atom stereocenters. The molecule has 2 N–H and O–H groups in total. The average Bonchev–Trinajstić information content (AvgIpc) is 2.60. The summed E-state index contributed by atoms with van der Waals surface area (Å²) in [5, 5.41) is 19.8. The van der Waals surface area contributed by atoms with Gasteiger partial charge in [-0.05, 0) is 37.6 Å². The Kier molecular flexibility index (Phi) is 5.90. The van der Waals surface area contributed by atoms with E-state index in [1.165, 1.54) is 32.2 Å². The van der Waals surface area contributed by atoms with Crippen LogP contribution in [0.5, 0.6) is 5.75 Å². The second kappa shape index (κ2) is 7.79. The maximum atomic E-state index is 13.4. The van der Waals surface area contributed by atoms with Crippen molar-refractivity contribution in [1.82, 2.24) is 0 Å². The first kappa shape index (κ1) is 20.4. The third-order valence-corrected chi connectivity index (χ3v) is 3.88. The predicted octanol–water partition coefficient (Wildman–Crippen LogP) is 3.76. The van der Waals surface area contributed by atoms with Crippen molar-refractivity contribution in [2.24, 2.45) is 4.99 Å². The Hall–Kier alpha value is -2.87. The molecule has 0 aliphatic rings. The molecule has 0 aromatic heterocycles. The number of alkyl halides is 3.